The van der Waals surface area contributed by atoms with Crippen molar-refractivity contribution in [2.45, 2.75) is 119 Å². The van der Waals surface area contributed by atoms with Gasteiger partial charge in [-0.3, -0.25) is 0 Å². The van der Waals surface area contributed by atoms with Gasteiger partial charge in [0.1, 0.15) is 11.5 Å². The molecule has 0 spiro atoms. The second kappa shape index (κ2) is 14.8. The standard InChI is InChI=1S/C50H57O3PS/c1-27(2)35-23-39(29(5)6)45(40(24-35)30(7)8)43-21-33-17-13-15-19-37(33)47-48-38-20-16-14-18-34(38)22-44(50(48)53-54(51,55)52-49(43)47)46-41(31(9)10)25-36(28(3)4)26-42(46)32(11)12/h13-32H,1-12H3,(H,51,55). The van der Waals surface area contributed by atoms with Crippen LogP contribution in [0.15, 0.2) is 84.9 Å². The summed E-state index contributed by atoms with van der Waals surface area (Å²) < 4.78 is 13.7. The average molecular weight is 769 g/mol. The molecule has 0 bridgehead atoms. The van der Waals surface area contributed by atoms with Crippen LogP contribution in [0.1, 0.15) is 152 Å². The largest absolute Gasteiger partial charge is 0.432 e. The minimum absolute atomic E-state index is 0.241. The summed E-state index contributed by atoms with van der Waals surface area (Å²) >= 11 is 6.07. The van der Waals surface area contributed by atoms with E-state index in [9.17, 15) is 4.89 Å². The number of rotatable bonds is 8. The minimum atomic E-state index is -3.92. The van der Waals surface area contributed by atoms with E-state index in [2.05, 4.69) is 168 Å². The van der Waals surface area contributed by atoms with Gasteiger partial charge in [-0.2, -0.15) is 0 Å². The molecule has 1 aliphatic rings. The van der Waals surface area contributed by atoms with Crippen molar-refractivity contribution in [3.63, 3.8) is 0 Å². The van der Waals surface area contributed by atoms with Crippen LogP contribution in [-0.2, 0) is 11.8 Å². The topological polar surface area (TPSA) is 38.7 Å². The lowest BCUT2D eigenvalue weighted by molar-refractivity contribution is 0.384. The summed E-state index contributed by atoms with van der Waals surface area (Å²) in [7, 11) is 0. The van der Waals surface area contributed by atoms with Crippen molar-refractivity contribution in [2.24, 2.45) is 0 Å². The van der Waals surface area contributed by atoms with Crippen LogP contribution in [-0.4, -0.2) is 4.89 Å². The molecule has 5 heteroatoms. The quantitative estimate of drug-likeness (QED) is 0.157. The SMILES string of the molecule is CC(C)c1cc(C(C)C)c(-c2cc3ccccc3c3c2OP(O)(=S)Oc2c(-c4c(C(C)C)cc(C(C)C)cc4C(C)C)cc4ccccc4c2-3)c(C(C)C)c1. The van der Waals surface area contributed by atoms with Gasteiger partial charge < -0.3 is 13.9 Å². The third-order valence-electron chi connectivity index (χ3n) is 11.5. The Morgan fingerprint density at radius 2 is 0.745 bits per heavy atom. The van der Waals surface area contributed by atoms with Crippen molar-refractivity contribution in [1.29, 1.82) is 0 Å². The molecular weight excluding hydrogens is 712 g/mol. The molecule has 0 atom stereocenters. The van der Waals surface area contributed by atoms with Gasteiger partial charge in [0, 0.05) is 34.1 Å². The highest BCUT2D eigenvalue weighted by atomic mass is 32.5. The molecule has 286 valence electrons. The van der Waals surface area contributed by atoms with E-state index in [1.807, 2.05) is 0 Å². The first kappa shape index (κ1) is 39.3. The molecule has 1 heterocycles. The zero-order chi connectivity index (χ0) is 39.7. The van der Waals surface area contributed by atoms with Gasteiger partial charge in [-0.15, -0.1) is 0 Å². The third-order valence-corrected chi connectivity index (χ3v) is 12.7. The molecule has 1 N–H and O–H groups in total. The Balaban J connectivity index is 1.73. The second-order valence-electron chi connectivity index (χ2n) is 17.4. The fourth-order valence-electron chi connectivity index (χ4n) is 8.50. The second-order valence-corrected chi connectivity index (χ2v) is 20.1. The van der Waals surface area contributed by atoms with E-state index in [4.69, 9.17) is 20.9 Å². The highest BCUT2D eigenvalue weighted by Gasteiger charge is 2.37. The van der Waals surface area contributed by atoms with E-state index in [-0.39, 0.29) is 23.7 Å². The summed E-state index contributed by atoms with van der Waals surface area (Å²) in [5.74, 6) is 2.91. The third kappa shape index (κ3) is 7.05. The van der Waals surface area contributed by atoms with Crippen LogP contribution >= 0.6 is 6.72 Å². The summed E-state index contributed by atoms with van der Waals surface area (Å²) in [6.45, 7) is 23.3. The zero-order valence-electron chi connectivity index (χ0n) is 34.7. The Morgan fingerprint density at radius 1 is 0.436 bits per heavy atom. The Morgan fingerprint density at radius 3 is 1.04 bits per heavy atom. The van der Waals surface area contributed by atoms with Crippen LogP contribution in [0.4, 0.5) is 0 Å². The van der Waals surface area contributed by atoms with Crippen LogP contribution in [0.3, 0.4) is 0 Å². The Kier molecular flexibility index (Phi) is 10.6. The van der Waals surface area contributed by atoms with Crippen molar-refractivity contribution in [3.8, 4) is 44.9 Å². The highest BCUT2D eigenvalue weighted by Crippen LogP contribution is 2.63. The molecule has 3 nitrogen and oxygen atoms in total. The molecular formula is C50H57O3PS. The normalized spacial score (nSPS) is 13.9. The lowest BCUT2D eigenvalue weighted by Crippen LogP contribution is -2.06. The first-order chi connectivity index (χ1) is 26.0. The predicted octanol–water partition coefficient (Wildman–Crippen LogP) is 15.7. The zero-order valence-corrected chi connectivity index (χ0v) is 36.4. The number of fused-ring (bicyclic) bond motifs is 7. The summed E-state index contributed by atoms with van der Waals surface area (Å²) in [5, 5.41) is 4.25. The van der Waals surface area contributed by atoms with E-state index >= 15 is 0 Å². The molecule has 0 saturated heterocycles. The van der Waals surface area contributed by atoms with E-state index < -0.39 is 6.72 Å². The number of benzene rings is 6. The Labute approximate surface area is 334 Å². The van der Waals surface area contributed by atoms with Gasteiger partial charge in [-0.25, -0.2) is 0 Å². The molecule has 1 aliphatic heterocycles. The summed E-state index contributed by atoms with van der Waals surface area (Å²) in [6.07, 6.45) is 0. The molecule has 6 aromatic carbocycles. The van der Waals surface area contributed by atoms with Gasteiger partial charge in [0.25, 0.3) is 0 Å². The average Bonchev–Trinajstić information content (AvgIpc) is 3.26. The summed E-state index contributed by atoms with van der Waals surface area (Å²) in [4.78, 5) is 12.4. The smallest absolute Gasteiger partial charge is 0.414 e. The van der Waals surface area contributed by atoms with E-state index in [0.717, 1.165) is 54.9 Å². The molecule has 0 radical (unpaired) electrons. The molecule has 0 unspecified atom stereocenters. The molecule has 0 aromatic heterocycles. The molecule has 7 rings (SSSR count). The first-order valence-corrected chi connectivity index (χ1v) is 22.8. The maximum atomic E-state index is 12.4. The van der Waals surface area contributed by atoms with Crippen LogP contribution in [0.2, 0.25) is 0 Å². The molecule has 0 fully saturated rings. The van der Waals surface area contributed by atoms with E-state index in [1.165, 1.54) is 33.4 Å². The monoisotopic (exact) mass is 768 g/mol. The van der Waals surface area contributed by atoms with Crippen LogP contribution < -0.4 is 9.05 Å². The molecule has 0 amide bonds. The molecule has 6 aromatic rings. The number of hydrogen-bond donors (Lipinski definition) is 1. The van der Waals surface area contributed by atoms with Crippen molar-refractivity contribution in [3.05, 3.63) is 118 Å². The number of hydrogen-bond acceptors (Lipinski definition) is 3. The summed E-state index contributed by atoms with van der Waals surface area (Å²) in [6, 6.07) is 31.1. The van der Waals surface area contributed by atoms with Gasteiger partial charge >= 0.3 is 6.72 Å². The molecule has 0 saturated carbocycles. The van der Waals surface area contributed by atoms with Crippen LogP contribution in [0.25, 0.3) is 54.9 Å². The summed E-state index contributed by atoms with van der Waals surface area (Å²) in [5.41, 5.74) is 13.7. The maximum absolute atomic E-state index is 12.4. The van der Waals surface area contributed by atoms with Crippen molar-refractivity contribution >= 4 is 40.1 Å². The lowest BCUT2D eigenvalue weighted by atomic mass is 9.78. The fraction of sp³-hybridized carbons (Fsp3) is 0.360. The predicted molar refractivity (Wildman–Crippen MR) is 240 cm³/mol. The first-order valence-electron chi connectivity index (χ1n) is 20.2. The maximum Gasteiger partial charge on any atom is 0.432 e. The van der Waals surface area contributed by atoms with Gasteiger partial charge in [-0.1, -0.05) is 156 Å². The molecule has 0 aliphatic carbocycles. The van der Waals surface area contributed by atoms with Gasteiger partial charge in [0.15, 0.2) is 0 Å². The highest BCUT2D eigenvalue weighted by molar-refractivity contribution is 8.07. The van der Waals surface area contributed by atoms with Crippen LogP contribution in [0, 0.1) is 0 Å². The Bertz CT molecular complexity index is 2280. The Hall–Kier alpha value is -3.95. The van der Waals surface area contributed by atoms with Crippen molar-refractivity contribution < 1.29 is 13.9 Å². The van der Waals surface area contributed by atoms with Crippen molar-refractivity contribution in [1.82, 2.24) is 0 Å². The van der Waals surface area contributed by atoms with E-state index in [0.29, 0.717) is 23.3 Å². The molecule has 55 heavy (non-hydrogen) atoms. The lowest BCUT2D eigenvalue weighted by Gasteiger charge is -2.26. The van der Waals surface area contributed by atoms with Crippen molar-refractivity contribution in [2.75, 3.05) is 0 Å². The van der Waals surface area contributed by atoms with Crippen LogP contribution in [0.5, 0.6) is 11.5 Å². The van der Waals surface area contributed by atoms with Gasteiger partial charge in [0.05, 0.1) is 0 Å². The van der Waals surface area contributed by atoms with Gasteiger partial charge in [0.2, 0.25) is 0 Å². The fourth-order valence-corrected chi connectivity index (χ4v) is 9.82. The minimum Gasteiger partial charge on any atom is -0.414 e. The van der Waals surface area contributed by atoms with Gasteiger partial charge in [-0.05, 0) is 114 Å². The van der Waals surface area contributed by atoms with E-state index in [1.54, 1.807) is 0 Å².